The van der Waals surface area contributed by atoms with E-state index in [1.165, 1.54) is 7.11 Å². The lowest BCUT2D eigenvalue weighted by Gasteiger charge is -2.23. The van der Waals surface area contributed by atoms with Gasteiger partial charge >= 0.3 is 13.8 Å². The zero-order valence-corrected chi connectivity index (χ0v) is 13.2. The molecule has 0 saturated heterocycles. The summed E-state index contributed by atoms with van der Waals surface area (Å²) in [5.41, 5.74) is 0. The van der Waals surface area contributed by atoms with Crippen molar-refractivity contribution in [1.82, 2.24) is 0 Å². The third kappa shape index (κ3) is 9.94. The molecule has 8 nitrogen and oxygen atoms in total. The molecule has 0 bridgehead atoms. The number of nitrogens with zero attached hydrogens (tertiary/aromatic N) is 1. The van der Waals surface area contributed by atoms with Gasteiger partial charge in [0.15, 0.2) is 5.76 Å². The maximum atomic E-state index is 11.5. The van der Waals surface area contributed by atoms with Gasteiger partial charge < -0.3 is 18.9 Å². The molecule has 118 valence electrons. The van der Waals surface area contributed by atoms with Crippen LogP contribution < -0.4 is 0 Å². The minimum Gasteiger partial charge on any atom is -0.490 e. The molecule has 0 aromatic heterocycles. The van der Waals surface area contributed by atoms with E-state index >= 15 is 0 Å². The van der Waals surface area contributed by atoms with Crippen LogP contribution in [-0.4, -0.2) is 70.0 Å². The molecular weight excluding hydrogens is 289 g/mol. The van der Waals surface area contributed by atoms with Crippen LogP contribution in [0.5, 0.6) is 0 Å². The van der Waals surface area contributed by atoms with Gasteiger partial charge in [-0.3, -0.25) is 9.05 Å². The SMILES string of the molecule is C=C(OC)C(=O)OCCOP(=O)(O)OCC[N+](C)(C)C. The van der Waals surface area contributed by atoms with Crippen molar-refractivity contribution in [2.24, 2.45) is 0 Å². The zero-order chi connectivity index (χ0) is 15.8. The fourth-order valence-corrected chi connectivity index (χ4v) is 1.61. The van der Waals surface area contributed by atoms with E-state index in [-0.39, 0.29) is 25.6 Å². The summed E-state index contributed by atoms with van der Waals surface area (Å²) in [7, 11) is 2.93. The number of ether oxygens (including phenoxy) is 2. The van der Waals surface area contributed by atoms with Gasteiger partial charge in [0.2, 0.25) is 0 Å². The monoisotopic (exact) mass is 312 g/mol. The van der Waals surface area contributed by atoms with Gasteiger partial charge in [0, 0.05) is 0 Å². The Morgan fingerprint density at radius 1 is 1.20 bits per heavy atom. The standard InChI is InChI=1S/C11H22NO7P/c1-10(16-5)11(13)17-8-9-19-20(14,15)18-7-6-12(2,3)4/h1,6-9H2,2-5H3/p+1. The van der Waals surface area contributed by atoms with E-state index in [4.69, 9.17) is 4.52 Å². The number of methoxy groups -OCH3 is 1. The van der Waals surface area contributed by atoms with Gasteiger partial charge in [-0.1, -0.05) is 0 Å². The molecule has 0 aliphatic rings. The molecule has 0 amide bonds. The molecule has 0 aromatic carbocycles. The van der Waals surface area contributed by atoms with E-state index in [2.05, 4.69) is 20.6 Å². The summed E-state index contributed by atoms with van der Waals surface area (Å²) >= 11 is 0. The Labute approximate surface area is 119 Å². The van der Waals surface area contributed by atoms with Crippen LogP contribution in [0.2, 0.25) is 0 Å². The lowest BCUT2D eigenvalue weighted by molar-refractivity contribution is -0.870. The van der Waals surface area contributed by atoms with Crippen molar-refractivity contribution in [3.8, 4) is 0 Å². The smallest absolute Gasteiger partial charge is 0.472 e. The first-order valence-electron chi connectivity index (χ1n) is 5.90. The Hall–Kier alpha value is -0.920. The Kier molecular flexibility index (Phi) is 8.00. The van der Waals surface area contributed by atoms with Crippen molar-refractivity contribution in [1.29, 1.82) is 0 Å². The molecule has 0 radical (unpaired) electrons. The molecule has 0 saturated carbocycles. The average molecular weight is 312 g/mol. The normalized spacial score (nSPS) is 14.4. The van der Waals surface area contributed by atoms with E-state index < -0.39 is 13.8 Å². The molecule has 1 unspecified atom stereocenters. The Morgan fingerprint density at radius 3 is 2.25 bits per heavy atom. The van der Waals surface area contributed by atoms with Crippen LogP contribution in [0.3, 0.4) is 0 Å². The number of quaternary nitrogens is 1. The maximum Gasteiger partial charge on any atom is 0.472 e. The molecule has 9 heteroatoms. The van der Waals surface area contributed by atoms with E-state index in [0.717, 1.165) is 0 Å². The zero-order valence-electron chi connectivity index (χ0n) is 12.3. The first-order valence-corrected chi connectivity index (χ1v) is 7.39. The first-order chi connectivity index (χ1) is 9.07. The summed E-state index contributed by atoms with van der Waals surface area (Å²) in [5, 5.41) is 0. The highest BCUT2D eigenvalue weighted by atomic mass is 31.2. The number of esters is 1. The average Bonchev–Trinajstić information content (AvgIpc) is 2.31. The lowest BCUT2D eigenvalue weighted by Crippen LogP contribution is -2.37. The molecule has 0 fully saturated rings. The maximum absolute atomic E-state index is 11.5. The summed E-state index contributed by atoms with van der Waals surface area (Å²) in [6, 6.07) is 0. The predicted molar refractivity (Wildman–Crippen MR) is 71.7 cm³/mol. The van der Waals surface area contributed by atoms with Crippen LogP contribution in [0.15, 0.2) is 12.3 Å². The Balaban J connectivity index is 3.85. The van der Waals surface area contributed by atoms with Crippen LogP contribution in [0.25, 0.3) is 0 Å². The highest BCUT2D eigenvalue weighted by Gasteiger charge is 2.22. The van der Waals surface area contributed by atoms with Crippen molar-refractivity contribution in [2.45, 2.75) is 0 Å². The van der Waals surface area contributed by atoms with Crippen molar-refractivity contribution >= 4 is 13.8 Å². The van der Waals surface area contributed by atoms with Gasteiger partial charge in [-0.2, -0.15) is 0 Å². The minimum atomic E-state index is -4.12. The number of carbonyl (C=O) groups is 1. The third-order valence-electron chi connectivity index (χ3n) is 2.06. The van der Waals surface area contributed by atoms with Crippen molar-refractivity contribution in [2.75, 3.05) is 54.6 Å². The largest absolute Gasteiger partial charge is 0.490 e. The van der Waals surface area contributed by atoms with Gasteiger partial charge in [0.05, 0.1) is 34.9 Å². The highest BCUT2D eigenvalue weighted by molar-refractivity contribution is 7.47. The number of hydrogen-bond acceptors (Lipinski definition) is 6. The summed E-state index contributed by atoms with van der Waals surface area (Å²) in [6.45, 7) is 3.46. The van der Waals surface area contributed by atoms with Gasteiger partial charge in [0.1, 0.15) is 19.8 Å². The molecule has 1 N–H and O–H groups in total. The van der Waals surface area contributed by atoms with Crippen LogP contribution >= 0.6 is 7.82 Å². The molecule has 0 aliphatic heterocycles. The Bertz CT molecular complexity index is 377. The van der Waals surface area contributed by atoms with Gasteiger partial charge in [-0.05, 0) is 6.58 Å². The quantitative estimate of drug-likeness (QED) is 0.157. The number of carbonyl (C=O) groups excluding carboxylic acids is 1. The van der Waals surface area contributed by atoms with E-state index in [1.807, 2.05) is 21.1 Å². The van der Waals surface area contributed by atoms with Gasteiger partial charge in [-0.15, -0.1) is 0 Å². The van der Waals surface area contributed by atoms with Crippen LogP contribution in [0.1, 0.15) is 0 Å². The molecule has 0 aromatic rings. The van der Waals surface area contributed by atoms with E-state index in [9.17, 15) is 14.3 Å². The molecule has 0 rings (SSSR count). The third-order valence-corrected chi connectivity index (χ3v) is 3.08. The molecule has 0 heterocycles. The predicted octanol–water partition coefficient (Wildman–Crippen LogP) is 0.529. The topological polar surface area (TPSA) is 91.3 Å². The molecular formula is C11H23NO7P+. The first kappa shape index (κ1) is 19.1. The van der Waals surface area contributed by atoms with Crippen LogP contribution in [0, 0.1) is 0 Å². The van der Waals surface area contributed by atoms with Crippen molar-refractivity contribution in [3.05, 3.63) is 12.3 Å². The van der Waals surface area contributed by atoms with Gasteiger partial charge in [0.25, 0.3) is 0 Å². The molecule has 0 spiro atoms. The highest BCUT2D eigenvalue weighted by Crippen LogP contribution is 2.42. The van der Waals surface area contributed by atoms with E-state index in [1.54, 1.807) is 0 Å². The number of rotatable bonds is 10. The summed E-state index contributed by atoms with van der Waals surface area (Å²) in [6.07, 6.45) is 0. The minimum absolute atomic E-state index is 0.0809. The van der Waals surface area contributed by atoms with Crippen molar-refractivity contribution < 1.29 is 37.3 Å². The number of hydrogen-bond donors (Lipinski definition) is 1. The van der Waals surface area contributed by atoms with Crippen LogP contribution in [0.4, 0.5) is 0 Å². The number of likely N-dealkylation sites (N-methyl/N-ethyl adjacent to an activating group) is 1. The fraction of sp³-hybridized carbons (Fsp3) is 0.727. The number of phosphoric acid groups is 1. The molecule has 1 atom stereocenters. The van der Waals surface area contributed by atoms with Crippen LogP contribution in [-0.2, 0) is 27.9 Å². The second-order valence-corrected chi connectivity index (χ2v) is 6.37. The summed E-state index contributed by atoms with van der Waals surface area (Å²) in [5.74, 6) is -0.911. The lowest BCUT2D eigenvalue weighted by atomic mass is 10.5. The van der Waals surface area contributed by atoms with Crippen molar-refractivity contribution in [3.63, 3.8) is 0 Å². The molecule has 20 heavy (non-hydrogen) atoms. The van der Waals surface area contributed by atoms with Gasteiger partial charge in [-0.25, -0.2) is 9.36 Å². The summed E-state index contributed by atoms with van der Waals surface area (Å²) < 4.78 is 30.7. The second kappa shape index (κ2) is 8.39. The number of phosphoric ester groups is 1. The Morgan fingerprint density at radius 2 is 1.75 bits per heavy atom. The fourth-order valence-electron chi connectivity index (χ4n) is 0.918. The molecule has 0 aliphatic carbocycles. The second-order valence-electron chi connectivity index (χ2n) is 4.91. The summed E-state index contributed by atoms with van der Waals surface area (Å²) in [4.78, 5) is 20.5. The van der Waals surface area contributed by atoms with E-state index in [0.29, 0.717) is 11.0 Å².